The van der Waals surface area contributed by atoms with Gasteiger partial charge in [0.15, 0.2) is 0 Å². The molecule has 4 nitrogen and oxygen atoms in total. The summed E-state index contributed by atoms with van der Waals surface area (Å²) in [6.07, 6.45) is 2.36. The van der Waals surface area contributed by atoms with Gasteiger partial charge in [-0.15, -0.1) is 11.3 Å². The van der Waals surface area contributed by atoms with Gasteiger partial charge in [-0.2, -0.15) is 0 Å². The number of thiazole rings is 1. The first kappa shape index (κ1) is 20.1. The summed E-state index contributed by atoms with van der Waals surface area (Å²) in [6.45, 7) is 4.49. The number of carbonyl (C=O) groups is 1. The Morgan fingerprint density at radius 2 is 1.83 bits per heavy atom. The number of aromatic nitrogens is 1. The molecular weight excluding hydrogens is 402 g/mol. The molecule has 4 rings (SSSR count). The van der Waals surface area contributed by atoms with Crippen molar-refractivity contribution in [1.29, 1.82) is 0 Å². The lowest BCUT2D eigenvalue weighted by Crippen LogP contribution is -2.37. The average Bonchev–Trinajstić information content (AvgIpc) is 3.40. The van der Waals surface area contributed by atoms with E-state index in [4.69, 9.17) is 11.6 Å². The number of nitrogens with zero attached hydrogens (tertiary/aromatic N) is 2. The van der Waals surface area contributed by atoms with Crippen LogP contribution in [0.3, 0.4) is 0 Å². The van der Waals surface area contributed by atoms with Crippen molar-refractivity contribution in [1.82, 2.24) is 15.2 Å². The Labute approximate surface area is 180 Å². The number of likely N-dealkylation sites (tertiary alicyclic amines) is 1. The van der Waals surface area contributed by atoms with Gasteiger partial charge in [0.2, 0.25) is 0 Å². The second kappa shape index (κ2) is 9.08. The predicted octanol–water partition coefficient (Wildman–Crippen LogP) is 5.34. The number of aryl methyl sites for hydroxylation is 1. The Bertz CT molecular complexity index is 983. The third-order valence-corrected chi connectivity index (χ3v) is 6.65. The van der Waals surface area contributed by atoms with Crippen LogP contribution in [0.25, 0.3) is 10.4 Å². The molecule has 1 saturated heterocycles. The second-order valence-corrected chi connectivity index (χ2v) is 8.88. The maximum absolute atomic E-state index is 13.1. The number of carbonyl (C=O) groups excluding carboxylic acids is 1. The average molecular weight is 426 g/mol. The molecule has 1 fully saturated rings. The third kappa shape index (κ3) is 4.53. The topological polar surface area (TPSA) is 45.2 Å². The molecule has 1 unspecified atom stereocenters. The highest BCUT2D eigenvalue weighted by Crippen LogP contribution is 2.32. The van der Waals surface area contributed by atoms with Crippen LogP contribution in [0.4, 0.5) is 0 Å². The summed E-state index contributed by atoms with van der Waals surface area (Å²) in [5.41, 5.74) is 2.58. The lowest BCUT2D eigenvalue weighted by atomic mass is 10.1. The van der Waals surface area contributed by atoms with Crippen LogP contribution in [0.15, 0.2) is 54.6 Å². The van der Waals surface area contributed by atoms with Gasteiger partial charge >= 0.3 is 0 Å². The lowest BCUT2D eigenvalue weighted by molar-refractivity contribution is 0.0934. The molecule has 2 aromatic carbocycles. The SMILES string of the molecule is Cc1nc(C(=O)NCC(c2ccccc2Cl)N2CCCC2)c(-c2ccccc2)s1. The van der Waals surface area contributed by atoms with Crippen molar-refractivity contribution >= 4 is 28.8 Å². The number of hydrogen-bond acceptors (Lipinski definition) is 4. The van der Waals surface area contributed by atoms with Gasteiger partial charge in [-0.3, -0.25) is 9.69 Å². The molecule has 1 amide bonds. The number of amides is 1. The number of benzene rings is 2. The van der Waals surface area contributed by atoms with Crippen molar-refractivity contribution in [2.75, 3.05) is 19.6 Å². The minimum Gasteiger partial charge on any atom is -0.349 e. The molecule has 29 heavy (non-hydrogen) atoms. The first-order valence-corrected chi connectivity index (χ1v) is 11.1. The highest BCUT2D eigenvalue weighted by Gasteiger charge is 2.26. The van der Waals surface area contributed by atoms with Crippen LogP contribution in [0.1, 0.15) is 39.9 Å². The fourth-order valence-corrected chi connectivity index (χ4v) is 5.06. The zero-order chi connectivity index (χ0) is 20.2. The molecular formula is C23H24ClN3OS. The van der Waals surface area contributed by atoms with Crippen LogP contribution in [0, 0.1) is 6.92 Å². The van der Waals surface area contributed by atoms with E-state index in [-0.39, 0.29) is 11.9 Å². The van der Waals surface area contributed by atoms with Crippen molar-refractivity contribution in [3.05, 3.63) is 75.9 Å². The van der Waals surface area contributed by atoms with Gasteiger partial charge in [0.05, 0.1) is 15.9 Å². The van der Waals surface area contributed by atoms with Gasteiger partial charge in [0, 0.05) is 11.6 Å². The number of rotatable bonds is 6. The summed E-state index contributed by atoms with van der Waals surface area (Å²) >= 11 is 8.04. The summed E-state index contributed by atoms with van der Waals surface area (Å²) < 4.78 is 0. The van der Waals surface area contributed by atoms with E-state index in [1.807, 2.05) is 55.5 Å². The Hall–Kier alpha value is -2.21. The van der Waals surface area contributed by atoms with Crippen LogP contribution < -0.4 is 5.32 Å². The Morgan fingerprint density at radius 3 is 2.55 bits per heavy atom. The molecule has 150 valence electrons. The number of hydrogen-bond donors (Lipinski definition) is 1. The van der Waals surface area contributed by atoms with E-state index < -0.39 is 0 Å². The van der Waals surface area contributed by atoms with Crippen molar-refractivity contribution in [2.24, 2.45) is 0 Å². The summed E-state index contributed by atoms with van der Waals surface area (Å²) in [4.78, 5) is 20.9. The molecule has 1 aliphatic heterocycles. The predicted molar refractivity (Wildman–Crippen MR) is 120 cm³/mol. The molecule has 1 aromatic heterocycles. The van der Waals surface area contributed by atoms with Gasteiger partial charge in [-0.25, -0.2) is 4.98 Å². The van der Waals surface area contributed by atoms with E-state index in [1.54, 1.807) is 11.3 Å². The third-order valence-electron chi connectivity index (χ3n) is 5.29. The van der Waals surface area contributed by atoms with Crippen molar-refractivity contribution in [3.63, 3.8) is 0 Å². The van der Waals surface area contributed by atoms with Gasteiger partial charge in [0.25, 0.3) is 5.91 Å². The van der Waals surface area contributed by atoms with Crippen LogP contribution in [0.2, 0.25) is 5.02 Å². The Morgan fingerprint density at radius 1 is 1.14 bits per heavy atom. The molecule has 0 spiro atoms. The van der Waals surface area contributed by atoms with Gasteiger partial charge < -0.3 is 5.32 Å². The minimum absolute atomic E-state index is 0.0649. The number of halogens is 1. The minimum atomic E-state index is -0.135. The molecule has 6 heteroatoms. The number of nitrogens with one attached hydrogen (secondary N) is 1. The summed E-state index contributed by atoms with van der Waals surface area (Å²) in [7, 11) is 0. The van der Waals surface area contributed by atoms with Crippen LogP contribution in [-0.4, -0.2) is 35.4 Å². The summed E-state index contributed by atoms with van der Waals surface area (Å²) in [5, 5.41) is 4.76. The molecule has 2 heterocycles. The highest BCUT2D eigenvalue weighted by molar-refractivity contribution is 7.15. The van der Waals surface area contributed by atoms with Crippen molar-refractivity contribution < 1.29 is 4.79 Å². The van der Waals surface area contributed by atoms with E-state index >= 15 is 0 Å². The molecule has 3 aromatic rings. The highest BCUT2D eigenvalue weighted by atomic mass is 35.5. The lowest BCUT2D eigenvalue weighted by Gasteiger charge is -2.28. The van der Waals surface area contributed by atoms with Crippen LogP contribution >= 0.6 is 22.9 Å². The van der Waals surface area contributed by atoms with E-state index in [0.717, 1.165) is 39.1 Å². The van der Waals surface area contributed by atoms with Gasteiger partial charge in [0.1, 0.15) is 5.69 Å². The summed E-state index contributed by atoms with van der Waals surface area (Å²) in [5.74, 6) is -0.135. The maximum atomic E-state index is 13.1. The van der Waals surface area contributed by atoms with Crippen LogP contribution in [-0.2, 0) is 0 Å². The van der Waals surface area contributed by atoms with Crippen molar-refractivity contribution in [3.8, 4) is 10.4 Å². The normalized spacial score (nSPS) is 15.4. The van der Waals surface area contributed by atoms with Gasteiger partial charge in [-0.05, 0) is 50.0 Å². The van der Waals surface area contributed by atoms with Crippen molar-refractivity contribution in [2.45, 2.75) is 25.8 Å². The zero-order valence-corrected chi connectivity index (χ0v) is 18.0. The fourth-order valence-electron chi connectivity index (χ4n) is 3.87. The van der Waals surface area contributed by atoms with Gasteiger partial charge in [-0.1, -0.05) is 60.1 Å². The monoisotopic (exact) mass is 425 g/mol. The quantitative estimate of drug-likeness (QED) is 0.579. The zero-order valence-electron chi connectivity index (χ0n) is 16.4. The smallest absolute Gasteiger partial charge is 0.271 e. The summed E-state index contributed by atoms with van der Waals surface area (Å²) in [6, 6.07) is 17.9. The molecule has 0 bridgehead atoms. The van der Waals surface area contributed by atoms with Crippen LogP contribution in [0.5, 0.6) is 0 Å². The molecule has 0 radical (unpaired) electrons. The molecule has 0 aliphatic carbocycles. The van der Waals surface area contributed by atoms with E-state index in [2.05, 4.69) is 21.3 Å². The van der Waals surface area contributed by atoms with E-state index in [0.29, 0.717) is 12.2 Å². The first-order chi connectivity index (χ1) is 14.1. The molecule has 1 atom stereocenters. The maximum Gasteiger partial charge on any atom is 0.271 e. The fraction of sp³-hybridized carbons (Fsp3) is 0.304. The Balaban J connectivity index is 1.56. The first-order valence-electron chi connectivity index (χ1n) is 9.93. The molecule has 1 N–H and O–H groups in total. The van der Waals surface area contributed by atoms with E-state index in [9.17, 15) is 4.79 Å². The molecule has 0 saturated carbocycles. The largest absolute Gasteiger partial charge is 0.349 e. The second-order valence-electron chi connectivity index (χ2n) is 7.27. The Kier molecular flexibility index (Phi) is 6.28. The van der Waals surface area contributed by atoms with E-state index in [1.165, 1.54) is 12.8 Å². The standard InChI is InChI=1S/C23H24ClN3OS/c1-16-26-21(22(29-16)17-9-3-2-4-10-17)23(28)25-15-20(27-13-7-8-14-27)18-11-5-6-12-19(18)24/h2-6,9-12,20H,7-8,13-15H2,1H3,(H,25,28). The molecule has 1 aliphatic rings.